The fraction of sp³-hybridized carbons (Fsp3) is 0.500. The van der Waals surface area contributed by atoms with E-state index in [1.54, 1.807) is 6.33 Å². The van der Waals surface area contributed by atoms with Crippen LogP contribution in [0.25, 0.3) is 0 Å². The quantitative estimate of drug-likeness (QED) is 0.893. The number of nitrogens with one attached hydrogen (secondary N) is 1. The summed E-state index contributed by atoms with van der Waals surface area (Å²) in [7, 11) is 1.88. The van der Waals surface area contributed by atoms with Crippen molar-refractivity contribution < 1.29 is 4.79 Å². The molecule has 0 spiro atoms. The summed E-state index contributed by atoms with van der Waals surface area (Å²) in [6, 6.07) is 10.3. The Morgan fingerprint density at radius 2 is 1.92 bits per heavy atom. The molecule has 1 aliphatic rings. The minimum absolute atomic E-state index is 0.0294. The molecule has 134 valence electrons. The van der Waals surface area contributed by atoms with Crippen LogP contribution in [0.4, 0.5) is 4.79 Å². The van der Waals surface area contributed by atoms with Crippen LogP contribution in [0.3, 0.4) is 0 Å². The number of amides is 2. The number of hydrogen-bond acceptors (Lipinski definition) is 4. The van der Waals surface area contributed by atoms with Gasteiger partial charge in [0.1, 0.15) is 6.33 Å². The molecule has 1 aromatic carbocycles. The third kappa shape index (κ3) is 4.57. The van der Waals surface area contributed by atoms with Gasteiger partial charge >= 0.3 is 6.03 Å². The van der Waals surface area contributed by atoms with Crippen molar-refractivity contribution in [3.05, 3.63) is 48.0 Å². The number of aryl methyl sites for hydroxylation is 1. The molecule has 7 heteroatoms. The number of carbonyl (C=O) groups is 1. The van der Waals surface area contributed by atoms with Crippen LogP contribution in [0.15, 0.2) is 36.7 Å². The van der Waals surface area contributed by atoms with E-state index < -0.39 is 0 Å². The van der Waals surface area contributed by atoms with E-state index in [0.29, 0.717) is 0 Å². The molecule has 1 aromatic heterocycles. The summed E-state index contributed by atoms with van der Waals surface area (Å²) >= 11 is 0. The maximum Gasteiger partial charge on any atom is 0.318 e. The Labute approximate surface area is 148 Å². The topological polar surface area (TPSA) is 66.3 Å². The molecule has 1 atom stereocenters. The number of aromatic nitrogens is 3. The number of nitrogens with zero attached hydrogens (tertiary/aromatic N) is 5. The number of urea groups is 1. The largest absolute Gasteiger partial charge is 0.328 e. The second-order valence-electron chi connectivity index (χ2n) is 6.54. The molecule has 7 nitrogen and oxygen atoms in total. The van der Waals surface area contributed by atoms with E-state index >= 15 is 0 Å². The van der Waals surface area contributed by atoms with Gasteiger partial charge in [-0.05, 0) is 18.9 Å². The SMILES string of the molecule is CC(NC(=O)N1CCN(CCc2ccccc2)CC1)c1nncn1C. The summed E-state index contributed by atoms with van der Waals surface area (Å²) < 4.78 is 1.83. The third-order valence-electron chi connectivity index (χ3n) is 4.69. The van der Waals surface area contributed by atoms with Crippen molar-refractivity contribution in [2.75, 3.05) is 32.7 Å². The lowest BCUT2D eigenvalue weighted by molar-refractivity contribution is 0.138. The number of benzene rings is 1. The van der Waals surface area contributed by atoms with Gasteiger partial charge < -0.3 is 14.8 Å². The molecular weight excluding hydrogens is 316 g/mol. The second kappa shape index (κ2) is 8.11. The zero-order valence-electron chi connectivity index (χ0n) is 14.9. The lowest BCUT2D eigenvalue weighted by atomic mass is 10.1. The third-order valence-corrected chi connectivity index (χ3v) is 4.69. The van der Waals surface area contributed by atoms with Crippen molar-refractivity contribution in [2.24, 2.45) is 7.05 Å². The van der Waals surface area contributed by atoms with Gasteiger partial charge in [-0.3, -0.25) is 4.90 Å². The first-order valence-corrected chi connectivity index (χ1v) is 8.79. The van der Waals surface area contributed by atoms with Gasteiger partial charge in [0.2, 0.25) is 0 Å². The van der Waals surface area contributed by atoms with E-state index in [0.717, 1.165) is 45.0 Å². The summed E-state index contributed by atoms with van der Waals surface area (Å²) in [4.78, 5) is 16.7. The molecule has 0 radical (unpaired) electrons. The number of rotatable bonds is 5. The Morgan fingerprint density at radius 1 is 1.20 bits per heavy atom. The van der Waals surface area contributed by atoms with Gasteiger partial charge in [-0.2, -0.15) is 0 Å². The van der Waals surface area contributed by atoms with Gasteiger partial charge in [0.15, 0.2) is 5.82 Å². The van der Waals surface area contributed by atoms with Crippen molar-refractivity contribution in [1.82, 2.24) is 29.9 Å². The van der Waals surface area contributed by atoms with Gasteiger partial charge in [0, 0.05) is 39.8 Å². The summed E-state index contributed by atoms with van der Waals surface area (Å²) in [6.45, 7) is 6.31. The molecule has 1 N–H and O–H groups in total. The van der Waals surface area contributed by atoms with Crippen molar-refractivity contribution in [3.8, 4) is 0 Å². The Morgan fingerprint density at radius 3 is 2.56 bits per heavy atom. The minimum atomic E-state index is -0.156. The number of carbonyl (C=O) groups excluding carboxylic acids is 1. The molecule has 0 bridgehead atoms. The van der Waals surface area contributed by atoms with Gasteiger partial charge in [-0.1, -0.05) is 30.3 Å². The smallest absolute Gasteiger partial charge is 0.318 e. The maximum atomic E-state index is 12.4. The highest BCUT2D eigenvalue weighted by atomic mass is 16.2. The molecule has 1 saturated heterocycles. The molecule has 2 amide bonds. The fourth-order valence-corrected chi connectivity index (χ4v) is 3.13. The zero-order chi connectivity index (χ0) is 17.6. The molecule has 25 heavy (non-hydrogen) atoms. The van der Waals surface area contributed by atoms with Crippen molar-refractivity contribution in [1.29, 1.82) is 0 Å². The van der Waals surface area contributed by atoms with Crippen LogP contribution in [-0.4, -0.2) is 63.3 Å². The van der Waals surface area contributed by atoms with Crippen LogP contribution < -0.4 is 5.32 Å². The molecule has 1 fully saturated rings. The first-order valence-electron chi connectivity index (χ1n) is 8.79. The molecule has 0 saturated carbocycles. The average Bonchev–Trinajstić information content (AvgIpc) is 3.07. The van der Waals surface area contributed by atoms with E-state index in [1.165, 1.54) is 5.56 Å². The zero-order valence-corrected chi connectivity index (χ0v) is 14.9. The summed E-state index contributed by atoms with van der Waals surface area (Å²) in [5.74, 6) is 0.759. The van der Waals surface area contributed by atoms with Crippen LogP contribution in [0, 0.1) is 0 Å². The van der Waals surface area contributed by atoms with E-state index in [-0.39, 0.29) is 12.1 Å². The molecule has 1 aliphatic heterocycles. The lowest BCUT2D eigenvalue weighted by Gasteiger charge is -2.35. The monoisotopic (exact) mass is 342 g/mol. The van der Waals surface area contributed by atoms with Crippen LogP contribution in [0.5, 0.6) is 0 Å². The van der Waals surface area contributed by atoms with Crippen LogP contribution in [0.1, 0.15) is 24.4 Å². The van der Waals surface area contributed by atoms with E-state index in [2.05, 4.69) is 44.7 Å². The first kappa shape index (κ1) is 17.4. The number of hydrogen-bond donors (Lipinski definition) is 1. The predicted octanol–water partition coefficient (Wildman–Crippen LogP) is 1.45. The van der Waals surface area contributed by atoms with Crippen molar-refractivity contribution in [3.63, 3.8) is 0 Å². The van der Waals surface area contributed by atoms with Crippen LogP contribution >= 0.6 is 0 Å². The molecular formula is C18H26N6O. The highest BCUT2D eigenvalue weighted by Gasteiger charge is 2.23. The average molecular weight is 342 g/mol. The summed E-state index contributed by atoms with van der Waals surface area (Å²) in [5.41, 5.74) is 1.36. The fourth-order valence-electron chi connectivity index (χ4n) is 3.13. The minimum Gasteiger partial charge on any atom is -0.328 e. The second-order valence-corrected chi connectivity index (χ2v) is 6.54. The predicted molar refractivity (Wildman–Crippen MR) is 96.1 cm³/mol. The lowest BCUT2D eigenvalue weighted by Crippen LogP contribution is -2.52. The van der Waals surface area contributed by atoms with E-state index in [1.807, 2.05) is 29.5 Å². The standard InChI is InChI=1S/C18H26N6O/c1-15(17-21-19-14-22(17)2)20-18(25)24-12-10-23(11-13-24)9-8-16-6-4-3-5-7-16/h3-7,14-15H,8-13H2,1-2H3,(H,20,25). The number of piperazine rings is 1. The van der Waals surface area contributed by atoms with Gasteiger partial charge in [0.25, 0.3) is 0 Å². The molecule has 0 aliphatic carbocycles. The maximum absolute atomic E-state index is 12.4. The normalized spacial score (nSPS) is 16.6. The summed E-state index contributed by atoms with van der Waals surface area (Å²) in [5, 5.41) is 10.9. The molecule has 3 rings (SSSR count). The van der Waals surface area contributed by atoms with Crippen LogP contribution in [0.2, 0.25) is 0 Å². The highest BCUT2D eigenvalue weighted by Crippen LogP contribution is 2.10. The van der Waals surface area contributed by atoms with Gasteiger partial charge in [-0.25, -0.2) is 4.79 Å². The van der Waals surface area contributed by atoms with E-state index in [4.69, 9.17) is 0 Å². The van der Waals surface area contributed by atoms with Gasteiger partial charge in [0.05, 0.1) is 6.04 Å². The molecule has 1 unspecified atom stereocenters. The van der Waals surface area contributed by atoms with Crippen molar-refractivity contribution in [2.45, 2.75) is 19.4 Å². The first-order chi connectivity index (χ1) is 12.1. The van der Waals surface area contributed by atoms with E-state index in [9.17, 15) is 4.79 Å². The summed E-state index contributed by atoms with van der Waals surface area (Å²) in [6.07, 6.45) is 2.69. The van der Waals surface area contributed by atoms with Gasteiger partial charge in [-0.15, -0.1) is 10.2 Å². The Hall–Kier alpha value is -2.41. The Kier molecular flexibility index (Phi) is 5.65. The molecule has 2 aromatic rings. The highest BCUT2D eigenvalue weighted by molar-refractivity contribution is 5.74. The molecule has 2 heterocycles. The Bertz CT molecular complexity index is 678. The Balaban J connectivity index is 1.42. The van der Waals surface area contributed by atoms with Crippen LogP contribution in [-0.2, 0) is 13.5 Å². The van der Waals surface area contributed by atoms with Crippen molar-refractivity contribution >= 4 is 6.03 Å².